The molecule has 0 unspecified atom stereocenters. The van der Waals surface area contributed by atoms with Crippen molar-refractivity contribution in [1.29, 1.82) is 0 Å². The van der Waals surface area contributed by atoms with E-state index >= 15 is 0 Å². The highest BCUT2D eigenvalue weighted by atomic mass is 19.1. The fourth-order valence-corrected chi connectivity index (χ4v) is 3.19. The molecule has 1 atom stereocenters. The van der Waals surface area contributed by atoms with Gasteiger partial charge in [-0.2, -0.15) is 0 Å². The van der Waals surface area contributed by atoms with E-state index in [0.29, 0.717) is 16.3 Å². The third-order valence-electron chi connectivity index (χ3n) is 4.19. The number of nitrogens with zero attached hydrogens (tertiary/aromatic N) is 1. The van der Waals surface area contributed by atoms with Crippen molar-refractivity contribution in [3.8, 4) is 0 Å². The average Bonchev–Trinajstić information content (AvgIpc) is 2.93. The summed E-state index contributed by atoms with van der Waals surface area (Å²) in [5, 5.41) is 19.9. The van der Waals surface area contributed by atoms with Crippen LogP contribution >= 0.6 is 0 Å². The lowest BCUT2D eigenvalue weighted by atomic mass is 9.90. The standard InChI is InChI=1S/C18H14FNO5/c19-9-15(21)13(8-16(22)23)12-6-3-5-11-10-4-1-2-7-14(10)20(17(11)12)18(24)25/h1-7,13H,8-9H2,(H,22,23)(H,24,25)/t13-/m0/s1. The molecule has 128 valence electrons. The zero-order chi connectivity index (χ0) is 18.1. The van der Waals surface area contributed by atoms with E-state index in [1.807, 2.05) is 0 Å². The zero-order valence-corrected chi connectivity index (χ0v) is 13.0. The molecule has 2 N–H and O–H groups in total. The van der Waals surface area contributed by atoms with E-state index in [0.717, 1.165) is 4.57 Å². The number of aromatic nitrogens is 1. The van der Waals surface area contributed by atoms with Gasteiger partial charge in [-0.05, 0) is 11.6 Å². The lowest BCUT2D eigenvalue weighted by Crippen LogP contribution is -2.19. The number of carbonyl (C=O) groups excluding carboxylic acids is 1. The second kappa shape index (κ2) is 6.35. The van der Waals surface area contributed by atoms with E-state index < -0.39 is 36.9 Å². The molecule has 0 aliphatic rings. The Kier molecular flexibility index (Phi) is 4.22. The van der Waals surface area contributed by atoms with Gasteiger partial charge in [0.2, 0.25) is 0 Å². The van der Waals surface area contributed by atoms with Gasteiger partial charge in [0.05, 0.1) is 23.4 Å². The predicted octanol–water partition coefficient (Wildman–Crippen LogP) is 3.42. The van der Waals surface area contributed by atoms with Crippen molar-refractivity contribution in [2.75, 3.05) is 6.67 Å². The maximum absolute atomic E-state index is 13.0. The Morgan fingerprint density at radius 1 is 1.00 bits per heavy atom. The third kappa shape index (κ3) is 2.73. The van der Waals surface area contributed by atoms with Gasteiger partial charge in [-0.25, -0.2) is 13.8 Å². The quantitative estimate of drug-likeness (QED) is 0.740. The number of hydrogen-bond donors (Lipinski definition) is 2. The molecule has 0 saturated heterocycles. The number of halogens is 1. The highest BCUT2D eigenvalue weighted by Gasteiger charge is 2.28. The van der Waals surface area contributed by atoms with Gasteiger partial charge in [0.15, 0.2) is 5.78 Å². The summed E-state index contributed by atoms with van der Waals surface area (Å²) in [6, 6.07) is 11.6. The van der Waals surface area contributed by atoms with E-state index in [1.165, 1.54) is 6.07 Å². The van der Waals surface area contributed by atoms with E-state index in [9.17, 15) is 23.9 Å². The van der Waals surface area contributed by atoms with Crippen LogP contribution in [0.4, 0.5) is 9.18 Å². The number of para-hydroxylation sites is 2. The molecular formula is C18H14FNO5. The molecule has 25 heavy (non-hydrogen) atoms. The number of benzene rings is 2. The van der Waals surface area contributed by atoms with E-state index in [1.54, 1.807) is 36.4 Å². The van der Waals surface area contributed by atoms with Gasteiger partial charge in [-0.1, -0.05) is 36.4 Å². The third-order valence-corrected chi connectivity index (χ3v) is 4.19. The summed E-state index contributed by atoms with van der Waals surface area (Å²) in [4.78, 5) is 34.9. The summed E-state index contributed by atoms with van der Waals surface area (Å²) in [6.45, 7) is -1.32. The summed E-state index contributed by atoms with van der Waals surface area (Å²) in [6.07, 6.45) is -1.87. The lowest BCUT2D eigenvalue weighted by Gasteiger charge is -2.15. The number of carbonyl (C=O) groups is 3. The second-order valence-corrected chi connectivity index (χ2v) is 5.63. The molecule has 3 rings (SSSR count). The SMILES string of the molecule is O=C(O)C[C@H](C(=O)CF)c1cccc2c3ccccc3n(C(=O)O)c12. The van der Waals surface area contributed by atoms with Crippen molar-refractivity contribution in [1.82, 2.24) is 4.57 Å². The predicted molar refractivity (Wildman–Crippen MR) is 88.8 cm³/mol. The number of ketones is 1. The van der Waals surface area contributed by atoms with Crippen molar-refractivity contribution in [3.63, 3.8) is 0 Å². The zero-order valence-electron chi connectivity index (χ0n) is 13.0. The van der Waals surface area contributed by atoms with Gasteiger partial charge < -0.3 is 10.2 Å². The van der Waals surface area contributed by atoms with Crippen molar-refractivity contribution < 1.29 is 29.0 Å². The normalized spacial score (nSPS) is 12.4. The van der Waals surface area contributed by atoms with Crippen molar-refractivity contribution in [2.45, 2.75) is 12.3 Å². The number of carboxylic acids is 1. The largest absolute Gasteiger partial charge is 0.481 e. The van der Waals surface area contributed by atoms with Crippen LogP contribution in [0.5, 0.6) is 0 Å². The van der Waals surface area contributed by atoms with Crippen molar-refractivity contribution in [3.05, 3.63) is 48.0 Å². The Labute approximate surface area is 141 Å². The summed E-state index contributed by atoms with van der Waals surface area (Å²) in [7, 11) is 0. The summed E-state index contributed by atoms with van der Waals surface area (Å²) in [5.41, 5.74) is 0.824. The first-order valence-electron chi connectivity index (χ1n) is 7.51. The van der Waals surface area contributed by atoms with Crippen LogP contribution in [0.25, 0.3) is 21.8 Å². The Morgan fingerprint density at radius 3 is 2.32 bits per heavy atom. The fraction of sp³-hybridized carbons (Fsp3) is 0.167. The summed E-state index contributed by atoms with van der Waals surface area (Å²) in [5.74, 6) is -3.41. The maximum Gasteiger partial charge on any atom is 0.416 e. The Morgan fingerprint density at radius 2 is 1.68 bits per heavy atom. The van der Waals surface area contributed by atoms with Crippen LogP contribution in [0.1, 0.15) is 17.9 Å². The van der Waals surface area contributed by atoms with Gasteiger partial charge in [0, 0.05) is 10.8 Å². The topological polar surface area (TPSA) is 96.6 Å². The molecule has 0 fully saturated rings. The number of carboxylic acid groups (broad SMARTS) is 2. The average molecular weight is 343 g/mol. The molecule has 0 aliphatic heterocycles. The van der Waals surface area contributed by atoms with E-state index in [-0.39, 0.29) is 11.1 Å². The molecule has 1 aromatic heterocycles. The highest BCUT2D eigenvalue weighted by Crippen LogP contribution is 2.35. The van der Waals surface area contributed by atoms with E-state index in [4.69, 9.17) is 5.11 Å². The minimum Gasteiger partial charge on any atom is -0.481 e. The molecule has 0 amide bonds. The number of rotatable bonds is 5. The molecule has 1 heterocycles. The highest BCUT2D eigenvalue weighted by molar-refractivity contribution is 6.14. The molecule has 3 aromatic rings. The number of hydrogen-bond acceptors (Lipinski definition) is 3. The van der Waals surface area contributed by atoms with Crippen LogP contribution in [0.15, 0.2) is 42.5 Å². The smallest absolute Gasteiger partial charge is 0.416 e. The Balaban J connectivity index is 2.41. The number of alkyl halides is 1. The monoisotopic (exact) mass is 343 g/mol. The van der Waals surface area contributed by atoms with Gasteiger partial charge in [-0.3, -0.25) is 9.59 Å². The van der Waals surface area contributed by atoms with Crippen LogP contribution < -0.4 is 0 Å². The summed E-state index contributed by atoms with van der Waals surface area (Å²) >= 11 is 0. The molecule has 7 heteroatoms. The Bertz CT molecular complexity index is 1010. The van der Waals surface area contributed by atoms with Crippen LogP contribution in [0.2, 0.25) is 0 Å². The molecule has 0 radical (unpaired) electrons. The molecule has 6 nitrogen and oxygen atoms in total. The van der Waals surface area contributed by atoms with E-state index in [2.05, 4.69) is 0 Å². The molecule has 0 bridgehead atoms. The van der Waals surface area contributed by atoms with Crippen LogP contribution in [0, 0.1) is 0 Å². The fourth-order valence-electron chi connectivity index (χ4n) is 3.19. The van der Waals surface area contributed by atoms with Gasteiger partial charge >= 0.3 is 12.1 Å². The Hall–Kier alpha value is -3.22. The minimum atomic E-state index is -1.32. The van der Waals surface area contributed by atoms with Crippen LogP contribution in [-0.4, -0.2) is 39.3 Å². The van der Waals surface area contributed by atoms with Gasteiger partial charge in [0.25, 0.3) is 0 Å². The maximum atomic E-state index is 13.0. The van der Waals surface area contributed by atoms with Crippen molar-refractivity contribution >= 4 is 39.7 Å². The van der Waals surface area contributed by atoms with Crippen LogP contribution in [-0.2, 0) is 9.59 Å². The minimum absolute atomic E-state index is 0.196. The van der Waals surface area contributed by atoms with Crippen LogP contribution in [0.3, 0.4) is 0 Å². The molecule has 0 aliphatic carbocycles. The first-order valence-corrected chi connectivity index (χ1v) is 7.51. The lowest BCUT2D eigenvalue weighted by molar-refractivity contribution is -0.139. The molecule has 0 saturated carbocycles. The molecular weight excluding hydrogens is 329 g/mol. The second-order valence-electron chi connectivity index (χ2n) is 5.63. The molecule has 2 aromatic carbocycles. The van der Waals surface area contributed by atoms with Gasteiger partial charge in [0.1, 0.15) is 6.67 Å². The first kappa shape index (κ1) is 16.6. The summed E-state index contributed by atoms with van der Waals surface area (Å²) < 4.78 is 14.0. The molecule has 0 spiro atoms. The number of fused-ring (bicyclic) bond motifs is 3. The number of aliphatic carboxylic acids is 1. The number of Topliss-reactive ketones (excluding diaryl/α,β-unsaturated/α-hetero) is 1. The van der Waals surface area contributed by atoms with Crippen molar-refractivity contribution in [2.24, 2.45) is 0 Å². The first-order chi connectivity index (χ1) is 12.0. The van der Waals surface area contributed by atoms with Gasteiger partial charge in [-0.15, -0.1) is 0 Å².